The second kappa shape index (κ2) is 6.92. The molecule has 0 saturated carbocycles. The molecule has 0 fully saturated rings. The lowest BCUT2D eigenvalue weighted by molar-refractivity contribution is -0.116. The predicted octanol–water partition coefficient (Wildman–Crippen LogP) is 1.56. The Hall–Kier alpha value is -2.06. The van der Waals surface area contributed by atoms with Crippen molar-refractivity contribution in [2.45, 2.75) is 26.9 Å². The molecule has 0 spiro atoms. The summed E-state index contributed by atoms with van der Waals surface area (Å²) in [6.45, 7) is 6.40. The molecular weight excluding hydrogens is 254 g/mol. The molecule has 0 aliphatic rings. The molecule has 1 atom stereocenters. The highest BCUT2D eigenvalue weighted by Gasteiger charge is 2.18. The molecule has 1 amide bonds. The van der Waals surface area contributed by atoms with Crippen molar-refractivity contribution in [3.63, 3.8) is 0 Å². The van der Waals surface area contributed by atoms with Crippen molar-refractivity contribution in [1.82, 2.24) is 0 Å². The van der Waals surface area contributed by atoms with Crippen molar-refractivity contribution in [3.05, 3.63) is 29.3 Å². The van der Waals surface area contributed by atoms with Crippen LogP contribution in [0.1, 0.15) is 38.0 Å². The third-order valence-corrected chi connectivity index (χ3v) is 2.88. The molecule has 1 rings (SSSR count). The number of carbonyl (C=O) groups is 1. The number of rotatable bonds is 6. The Kier molecular flexibility index (Phi) is 5.53. The van der Waals surface area contributed by atoms with Crippen molar-refractivity contribution in [2.24, 2.45) is 11.7 Å². The molecule has 108 valence electrons. The first-order chi connectivity index (χ1) is 9.35. The molecule has 0 aromatic heterocycles. The van der Waals surface area contributed by atoms with Gasteiger partial charge in [0, 0.05) is 17.8 Å². The van der Waals surface area contributed by atoms with Gasteiger partial charge in [0.1, 0.15) is 0 Å². The maximum absolute atomic E-state index is 11.3. The van der Waals surface area contributed by atoms with Crippen LogP contribution in [0.4, 0.5) is 5.69 Å². The number of amides is 1. The fourth-order valence-corrected chi connectivity index (χ4v) is 2.12. The minimum atomic E-state index is -0.680. The molecule has 0 bridgehead atoms. The van der Waals surface area contributed by atoms with Crippen LogP contribution in [0, 0.1) is 17.2 Å². The molecule has 1 aromatic carbocycles. The first-order valence-corrected chi connectivity index (χ1v) is 6.60. The predicted molar refractivity (Wildman–Crippen MR) is 78.0 cm³/mol. The van der Waals surface area contributed by atoms with E-state index in [1.807, 2.05) is 18.7 Å². The lowest BCUT2D eigenvalue weighted by Crippen LogP contribution is -2.37. The Labute approximate surface area is 119 Å². The summed E-state index contributed by atoms with van der Waals surface area (Å²) in [7, 11) is 0. The smallest absolute Gasteiger partial charge is 0.236 e. The summed E-state index contributed by atoms with van der Waals surface area (Å²) < 4.78 is 0. The van der Waals surface area contributed by atoms with Crippen LogP contribution in [0.2, 0.25) is 0 Å². The molecule has 0 radical (unpaired) electrons. The Bertz CT molecular complexity index is 518. The van der Waals surface area contributed by atoms with E-state index in [2.05, 4.69) is 6.07 Å². The van der Waals surface area contributed by atoms with Crippen LogP contribution >= 0.6 is 0 Å². The summed E-state index contributed by atoms with van der Waals surface area (Å²) in [4.78, 5) is 13.1. The lowest BCUT2D eigenvalue weighted by atomic mass is 10.0. The van der Waals surface area contributed by atoms with Crippen molar-refractivity contribution < 1.29 is 9.90 Å². The molecule has 5 heteroatoms. The van der Waals surface area contributed by atoms with E-state index < -0.39 is 12.0 Å². The van der Waals surface area contributed by atoms with Gasteiger partial charge in [-0.15, -0.1) is 0 Å². The number of aliphatic hydroxyl groups excluding tert-OH is 1. The van der Waals surface area contributed by atoms with Gasteiger partial charge < -0.3 is 15.7 Å². The highest BCUT2D eigenvalue weighted by atomic mass is 16.3. The Morgan fingerprint density at radius 1 is 1.45 bits per heavy atom. The average Bonchev–Trinajstić information content (AvgIpc) is 2.36. The van der Waals surface area contributed by atoms with Gasteiger partial charge in [0.15, 0.2) is 0 Å². The second-order valence-electron chi connectivity index (χ2n) is 5.30. The molecule has 5 nitrogen and oxygen atoms in total. The van der Waals surface area contributed by atoms with Crippen LogP contribution < -0.4 is 10.6 Å². The normalized spacial score (nSPS) is 12.0. The SMILES string of the molecule is CC(C)CN(CC(N)=O)c1cc(C#N)ccc1[C@H](C)O. The van der Waals surface area contributed by atoms with Gasteiger partial charge in [0.25, 0.3) is 0 Å². The highest BCUT2D eigenvalue weighted by molar-refractivity contribution is 5.80. The van der Waals surface area contributed by atoms with Crippen LogP contribution in [0.25, 0.3) is 0 Å². The Balaban J connectivity index is 3.28. The van der Waals surface area contributed by atoms with Gasteiger partial charge in [-0.2, -0.15) is 5.26 Å². The van der Waals surface area contributed by atoms with E-state index in [9.17, 15) is 9.90 Å². The Morgan fingerprint density at radius 2 is 2.10 bits per heavy atom. The monoisotopic (exact) mass is 275 g/mol. The van der Waals surface area contributed by atoms with E-state index in [1.54, 1.807) is 25.1 Å². The highest BCUT2D eigenvalue weighted by Crippen LogP contribution is 2.28. The number of benzene rings is 1. The number of nitrogens with zero attached hydrogens (tertiary/aromatic N) is 2. The van der Waals surface area contributed by atoms with Crippen molar-refractivity contribution in [2.75, 3.05) is 18.0 Å². The number of nitriles is 1. The molecule has 20 heavy (non-hydrogen) atoms. The van der Waals surface area contributed by atoms with E-state index in [0.29, 0.717) is 29.3 Å². The number of aliphatic hydroxyl groups is 1. The summed E-state index contributed by atoms with van der Waals surface area (Å²) >= 11 is 0. The molecule has 0 aliphatic carbocycles. The maximum atomic E-state index is 11.3. The summed E-state index contributed by atoms with van der Waals surface area (Å²) in [5, 5.41) is 18.9. The lowest BCUT2D eigenvalue weighted by Gasteiger charge is -2.28. The number of carbonyl (C=O) groups excluding carboxylic acids is 1. The second-order valence-corrected chi connectivity index (χ2v) is 5.30. The summed E-state index contributed by atoms with van der Waals surface area (Å²) in [6.07, 6.45) is -0.680. The summed E-state index contributed by atoms with van der Waals surface area (Å²) in [5.74, 6) is -0.119. The summed E-state index contributed by atoms with van der Waals surface area (Å²) in [6, 6.07) is 7.13. The maximum Gasteiger partial charge on any atom is 0.236 e. The Morgan fingerprint density at radius 3 is 2.55 bits per heavy atom. The molecule has 0 unspecified atom stereocenters. The number of nitrogens with two attached hydrogens (primary N) is 1. The van der Waals surface area contributed by atoms with Gasteiger partial charge >= 0.3 is 0 Å². The number of anilines is 1. The van der Waals surface area contributed by atoms with Gasteiger partial charge in [0.2, 0.25) is 5.91 Å². The minimum absolute atomic E-state index is 0.0623. The first-order valence-electron chi connectivity index (χ1n) is 6.60. The molecular formula is C15H21N3O2. The number of primary amides is 1. The fourth-order valence-electron chi connectivity index (χ4n) is 2.12. The molecule has 3 N–H and O–H groups in total. The van der Waals surface area contributed by atoms with Crippen molar-refractivity contribution in [3.8, 4) is 6.07 Å². The van der Waals surface area contributed by atoms with E-state index in [4.69, 9.17) is 11.0 Å². The number of hydrogen-bond donors (Lipinski definition) is 2. The first kappa shape index (κ1) is 16.0. The van der Waals surface area contributed by atoms with Gasteiger partial charge in [-0.05, 0) is 25.0 Å². The molecule has 1 aromatic rings. The van der Waals surface area contributed by atoms with Crippen LogP contribution in [0.3, 0.4) is 0 Å². The third kappa shape index (κ3) is 4.25. The zero-order chi connectivity index (χ0) is 15.3. The van der Waals surface area contributed by atoms with Crippen molar-refractivity contribution in [1.29, 1.82) is 5.26 Å². The number of hydrogen-bond acceptors (Lipinski definition) is 4. The van der Waals surface area contributed by atoms with Crippen molar-refractivity contribution >= 4 is 11.6 Å². The van der Waals surface area contributed by atoms with Gasteiger partial charge in [0.05, 0.1) is 24.3 Å². The average molecular weight is 275 g/mol. The van der Waals surface area contributed by atoms with Gasteiger partial charge in [-0.1, -0.05) is 19.9 Å². The standard InChI is InChI=1S/C15H21N3O2/c1-10(2)8-18(9-15(17)20)14-6-12(7-16)4-5-13(14)11(3)19/h4-6,10-11,19H,8-9H2,1-3H3,(H2,17,20)/t11-/m0/s1. The quantitative estimate of drug-likeness (QED) is 0.824. The minimum Gasteiger partial charge on any atom is -0.389 e. The van der Waals surface area contributed by atoms with E-state index in [-0.39, 0.29) is 6.54 Å². The zero-order valence-corrected chi connectivity index (χ0v) is 12.1. The van der Waals surface area contributed by atoms with E-state index in [0.717, 1.165) is 0 Å². The van der Waals surface area contributed by atoms with Crippen LogP contribution in [0.15, 0.2) is 18.2 Å². The van der Waals surface area contributed by atoms with E-state index >= 15 is 0 Å². The van der Waals surface area contributed by atoms with Crippen LogP contribution in [-0.2, 0) is 4.79 Å². The van der Waals surface area contributed by atoms with Gasteiger partial charge in [-0.3, -0.25) is 4.79 Å². The van der Waals surface area contributed by atoms with Gasteiger partial charge in [-0.25, -0.2) is 0 Å². The fraction of sp³-hybridized carbons (Fsp3) is 0.467. The molecule has 0 aliphatic heterocycles. The topological polar surface area (TPSA) is 90.4 Å². The largest absolute Gasteiger partial charge is 0.389 e. The molecule has 0 saturated heterocycles. The molecule has 0 heterocycles. The third-order valence-electron chi connectivity index (χ3n) is 2.88. The van der Waals surface area contributed by atoms with Crippen LogP contribution in [-0.4, -0.2) is 24.1 Å². The van der Waals surface area contributed by atoms with Crippen LogP contribution in [0.5, 0.6) is 0 Å². The zero-order valence-electron chi connectivity index (χ0n) is 12.1. The summed E-state index contributed by atoms with van der Waals surface area (Å²) in [5.41, 5.74) is 7.16. The van der Waals surface area contributed by atoms with E-state index in [1.165, 1.54) is 0 Å².